The van der Waals surface area contributed by atoms with Gasteiger partial charge in [-0.2, -0.15) is 5.26 Å². The third-order valence-electron chi connectivity index (χ3n) is 2.12. The van der Waals surface area contributed by atoms with Crippen molar-refractivity contribution in [2.45, 2.75) is 31.5 Å². The summed E-state index contributed by atoms with van der Waals surface area (Å²) in [4.78, 5) is 21.9. The van der Waals surface area contributed by atoms with E-state index in [-0.39, 0.29) is 18.9 Å². The van der Waals surface area contributed by atoms with Crippen molar-refractivity contribution in [3.63, 3.8) is 0 Å². The van der Waals surface area contributed by atoms with Crippen LogP contribution < -0.4 is 5.32 Å². The minimum absolute atomic E-state index is 0.237. The van der Waals surface area contributed by atoms with Gasteiger partial charge in [0, 0.05) is 6.54 Å². The standard InChI is InChI=1S/C9H12N2O4/c10-4-1-5-11-8(12)6-2-3-7(15-6)9(13)14/h6-7H,1-3,5H2,(H,11,12)(H,13,14). The Bertz CT molecular complexity index is 297. The number of aliphatic carboxylic acids is 1. The summed E-state index contributed by atoms with van der Waals surface area (Å²) >= 11 is 0. The van der Waals surface area contributed by atoms with Gasteiger partial charge in [0.1, 0.15) is 6.10 Å². The maximum absolute atomic E-state index is 11.3. The average Bonchev–Trinajstić information content (AvgIpc) is 2.66. The molecule has 6 heteroatoms. The Labute approximate surface area is 86.8 Å². The number of nitriles is 1. The zero-order valence-corrected chi connectivity index (χ0v) is 8.10. The van der Waals surface area contributed by atoms with Gasteiger partial charge in [0.05, 0.1) is 12.5 Å². The molecule has 15 heavy (non-hydrogen) atoms. The normalized spacial score (nSPS) is 24.5. The number of ether oxygens (including phenoxy) is 1. The number of nitrogens with one attached hydrogen (secondary N) is 1. The van der Waals surface area contributed by atoms with E-state index in [1.807, 2.05) is 6.07 Å². The van der Waals surface area contributed by atoms with E-state index in [1.165, 1.54) is 0 Å². The van der Waals surface area contributed by atoms with Crippen LogP contribution in [0, 0.1) is 11.3 Å². The summed E-state index contributed by atoms with van der Waals surface area (Å²) in [5.41, 5.74) is 0. The molecule has 82 valence electrons. The zero-order valence-electron chi connectivity index (χ0n) is 8.10. The number of hydrogen-bond acceptors (Lipinski definition) is 4. The van der Waals surface area contributed by atoms with Crippen LogP contribution in [-0.4, -0.2) is 35.7 Å². The van der Waals surface area contributed by atoms with Gasteiger partial charge in [-0.3, -0.25) is 4.79 Å². The topological polar surface area (TPSA) is 99.4 Å². The summed E-state index contributed by atoms with van der Waals surface area (Å²) < 4.78 is 5.02. The number of amides is 1. The van der Waals surface area contributed by atoms with Crippen LogP contribution in [0.25, 0.3) is 0 Å². The molecule has 0 spiro atoms. The van der Waals surface area contributed by atoms with Crippen LogP contribution in [0.3, 0.4) is 0 Å². The van der Waals surface area contributed by atoms with Crippen molar-refractivity contribution in [2.75, 3.05) is 6.54 Å². The van der Waals surface area contributed by atoms with Crippen LogP contribution in [0.2, 0.25) is 0 Å². The highest BCUT2D eigenvalue weighted by molar-refractivity contribution is 5.82. The predicted octanol–water partition coefficient (Wildman–Crippen LogP) is -0.352. The molecule has 0 bridgehead atoms. The molecule has 1 amide bonds. The molecular weight excluding hydrogens is 200 g/mol. The summed E-state index contributed by atoms with van der Waals surface area (Å²) in [5, 5.41) is 19.4. The van der Waals surface area contributed by atoms with Gasteiger partial charge in [0.15, 0.2) is 6.10 Å². The van der Waals surface area contributed by atoms with Crippen molar-refractivity contribution >= 4 is 11.9 Å². The summed E-state index contributed by atoms with van der Waals surface area (Å²) in [5.74, 6) is -1.38. The van der Waals surface area contributed by atoms with E-state index in [0.29, 0.717) is 12.8 Å². The number of carboxylic acid groups (broad SMARTS) is 1. The third kappa shape index (κ3) is 3.22. The van der Waals surface area contributed by atoms with E-state index in [4.69, 9.17) is 15.1 Å². The van der Waals surface area contributed by atoms with E-state index in [1.54, 1.807) is 0 Å². The fourth-order valence-electron chi connectivity index (χ4n) is 1.37. The number of carbonyl (C=O) groups is 2. The molecule has 6 nitrogen and oxygen atoms in total. The molecule has 0 aromatic rings. The molecule has 1 fully saturated rings. The van der Waals surface area contributed by atoms with Crippen LogP contribution in [0.1, 0.15) is 19.3 Å². The van der Waals surface area contributed by atoms with Gasteiger partial charge in [-0.05, 0) is 12.8 Å². The van der Waals surface area contributed by atoms with Crippen LogP contribution in [0.4, 0.5) is 0 Å². The molecule has 1 aliphatic heterocycles. The number of hydrogen-bond donors (Lipinski definition) is 2. The number of carbonyl (C=O) groups excluding carboxylic acids is 1. The molecule has 1 saturated heterocycles. The molecular formula is C9H12N2O4. The molecule has 0 aromatic carbocycles. The number of rotatable bonds is 4. The van der Waals surface area contributed by atoms with Gasteiger partial charge in [0.2, 0.25) is 5.91 Å². The molecule has 1 aliphatic rings. The fraction of sp³-hybridized carbons (Fsp3) is 0.667. The second-order valence-electron chi connectivity index (χ2n) is 3.23. The highest BCUT2D eigenvalue weighted by Crippen LogP contribution is 2.19. The molecule has 0 radical (unpaired) electrons. The van der Waals surface area contributed by atoms with Gasteiger partial charge in [-0.25, -0.2) is 4.79 Å². The first-order valence-corrected chi connectivity index (χ1v) is 4.68. The van der Waals surface area contributed by atoms with Crippen molar-refractivity contribution in [3.05, 3.63) is 0 Å². The molecule has 0 saturated carbocycles. The van der Waals surface area contributed by atoms with Gasteiger partial charge in [-0.15, -0.1) is 0 Å². The van der Waals surface area contributed by atoms with Crippen LogP contribution in [0.5, 0.6) is 0 Å². The smallest absolute Gasteiger partial charge is 0.332 e. The summed E-state index contributed by atoms with van der Waals surface area (Å²) in [6, 6.07) is 1.89. The van der Waals surface area contributed by atoms with Gasteiger partial charge in [0.25, 0.3) is 0 Å². The number of carboxylic acids is 1. The van der Waals surface area contributed by atoms with E-state index in [0.717, 1.165) is 0 Å². The highest BCUT2D eigenvalue weighted by atomic mass is 16.5. The van der Waals surface area contributed by atoms with Crippen LogP contribution in [0.15, 0.2) is 0 Å². The van der Waals surface area contributed by atoms with Crippen molar-refractivity contribution < 1.29 is 19.4 Å². The molecule has 0 aromatic heterocycles. The Hall–Kier alpha value is -1.61. The lowest BCUT2D eigenvalue weighted by Gasteiger charge is -2.10. The Kier molecular flexibility index (Phi) is 4.06. The monoisotopic (exact) mass is 212 g/mol. The minimum atomic E-state index is -1.04. The maximum Gasteiger partial charge on any atom is 0.332 e. The van der Waals surface area contributed by atoms with Crippen molar-refractivity contribution in [1.29, 1.82) is 5.26 Å². The Morgan fingerprint density at radius 2 is 2.13 bits per heavy atom. The fourth-order valence-corrected chi connectivity index (χ4v) is 1.37. The van der Waals surface area contributed by atoms with Crippen molar-refractivity contribution in [1.82, 2.24) is 5.32 Å². The zero-order chi connectivity index (χ0) is 11.3. The van der Waals surface area contributed by atoms with E-state index < -0.39 is 18.2 Å². The van der Waals surface area contributed by atoms with Gasteiger partial charge >= 0.3 is 5.97 Å². The molecule has 2 N–H and O–H groups in total. The first-order chi connectivity index (χ1) is 7.15. The number of nitrogens with zero attached hydrogens (tertiary/aromatic N) is 1. The summed E-state index contributed by atoms with van der Waals surface area (Å²) in [6.07, 6.45) is -0.566. The predicted molar refractivity (Wildman–Crippen MR) is 48.8 cm³/mol. The largest absolute Gasteiger partial charge is 0.479 e. The molecule has 0 aliphatic carbocycles. The van der Waals surface area contributed by atoms with E-state index in [9.17, 15) is 9.59 Å². The van der Waals surface area contributed by atoms with Crippen molar-refractivity contribution in [2.24, 2.45) is 0 Å². The lowest BCUT2D eigenvalue weighted by Crippen LogP contribution is -2.36. The summed E-state index contributed by atoms with van der Waals surface area (Å²) in [7, 11) is 0. The molecule has 2 unspecified atom stereocenters. The van der Waals surface area contributed by atoms with Crippen molar-refractivity contribution in [3.8, 4) is 6.07 Å². The Morgan fingerprint density at radius 3 is 2.67 bits per heavy atom. The maximum atomic E-state index is 11.3. The van der Waals surface area contributed by atoms with Crippen LogP contribution in [-0.2, 0) is 14.3 Å². The first-order valence-electron chi connectivity index (χ1n) is 4.68. The third-order valence-corrected chi connectivity index (χ3v) is 2.12. The Morgan fingerprint density at radius 1 is 1.47 bits per heavy atom. The Balaban J connectivity index is 2.31. The first kappa shape index (κ1) is 11.5. The second kappa shape index (κ2) is 5.32. The lowest BCUT2D eigenvalue weighted by atomic mass is 10.2. The summed E-state index contributed by atoms with van der Waals surface area (Å²) in [6.45, 7) is 0.271. The quantitative estimate of drug-likeness (QED) is 0.620. The highest BCUT2D eigenvalue weighted by Gasteiger charge is 2.34. The van der Waals surface area contributed by atoms with E-state index in [2.05, 4.69) is 5.32 Å². The average molecular weight is 212 g/mol. The van der Waals surface area contributed by atoms with Gasteiger partial charge in [-0.1, -0.05) is 0 Å². The minimum Gasteiger partial charge on any atom is -0.479 e. The van der Waals surface area contributed by atoms with Gasteiger partial charge < -0.3 is 15.2 Å². The molecule has 1 rings (SSSR count). The van der Waals surface area contributed by atoms with Crippen LogP contribution >= 0.6 is 0 Å². The molecule has 2 atom stereocenters. The molecule has 1 heterocycles. The lowest BCUT2D eigenvalue weighted by molar-refractivity contribution is -0.151. The SMILES string of the molecule is N#CCCNC(=O)C1CCC(C(=O)O)O1. The van der Waals surface area contributed by atoms with E-state index >= 15 is 0 Å². The second-order valence-corrected chi connectivity index (χ2v) is 3.23.